The first kappa shape index (κ1) is 17.0. The van der Waals surface area contributed by atoms with Gasteiger partial charge >= 0.3 is 0 Å². The smallest absolute Gasteiger partial charge is 0.243 e. The molecule has 7 nitrogen and oxygen atoms in total. The van der Waals surface area contributed by atoms with Crippen molar-refractivity contribution in [3.63, 3.8) is 0 Å². The van der Waals surface area contributed by atoms with E-state index in [-0.39, 0.29) is 4.90 Å². The molecule has 2 heterocycles. The quantitative estimate of drug-likeness (QED) is 0.817. The molecule has 0 fully saturated rings. The van der Waals surface area contributed by atoms with Gasteiger partial charge in [-0.3, -0.25) is 0 Å². The van der Waals surface area contributed by atoms with Crippen LogP contribution in [0.5, 0.6) is 0 Å². The maximum Gasteiger partial charge on any atom is 0.243 e. The van der Waals surface area contributed by atoms with Crippen LogP contribution in [0, 0.1) is 5.82 Å². The van der Waals surface area contributed by atoms with Gasteiger partial charge in [0.05, 0.1) is 10.9 Å². The van der Waals surface area contributed by atoms with Gasteiger partial charge in [-0.1, -0.05) is 0 Å². The minimum atomic E-state index is -3.72. The van der Waals surface area contributed by atoms with E-state index >= 15 is 0 Å². The van der Waals surface area contributed by atoms with Crippen LogP contribution in [0.4, 0.5) is 4.39 Å². The summed E-state index contributed by atoms with van der Waals surface area (Å²) in [5, 5.41) is 8.23. The zero-order valence-corrected chi connectivity index (χ0v) is 14.3. The van der Waals surface area contributed by atoms with Crippen molar-refractivity contribution in [2.45, 2.75) is 37.9 Å². The summed E-state index contributed by atoms with van der Waals surface area (Å²) in [4.78, 5) is 0.0678. The number of ether oxygens (including phenoxy) is 1. The predicted octanol–water partition coefficient (Wildman–Crippen LogP) is 1.72. The summed E-state index contributed by atoms with van der Waals surface area (Å²) in [6, 6.07) is 4.37. The van der Waals surface area contributed by atoms with Gasteiger partial charge < -0.3 is 9.30 Å². The number of aromatic nitrogens is 3. The second kappa shape index (κ2) is 6.58. The van der Waals surface area contributed by atoms with E-state index < -0.39 is 21.9 Å². The SMILES string of the molecule is CCOCc1nnc2n1CCN(S(=O)(=O)c1ccc(F)cc1)C2C. The number of halogens is 1. The van der Waals surface area contributed by atoms with Crippen LogP contribution < -0.4 is 0 Å². The Kier molecular flexibility index (Phi) is 4.66. The lowest BCUT2D eigenvalue weighted by atomic mass is 10.2. The fourth-order valence-electron chi connectivity index (χ4n) is 2.79. The fraction of sp³-hybridized carbons (Fsp3) is 0.467. The van der Waals surface area contributed by atoms with Crippen molar-refractivity contribution in [1.29, 1.82) is 0 Å². The highest BCUT2D eigenvalue weighted by molar-refractivity contribution is 7.89. The number of fused-ring (bicyclic) bond motifs is 1. The van der Waals surface area contributed by atoms with E-state index in [1.54, 1.807) is 6.92 Å². The first-order valence-corrected chi connectivity index (χ1v) is 9.16. The van der Waals surface area contributed by atoms with Gasteiger partial charge in [-0.2, -0.15) is 4.31 Å². The lowest BCUT2D eigenvalue weighted by Gasteiger charge is -2.32. The predicted molar refractivity (Wildman–Crippen MR) is 84.1 cm³/mol. The fourth-order valence-corrected chi connectivity index (χ4v) is 4.38. The summed E-state index contributed by atoms with van der Waals surface area (Å²) in [5.74, 6) is 0.806. The van der Waals surface area contributed by atoms with E-state index in [1.807, 2.05) is 11.5 Å². The van der Waals surface area contributed by atoms with E-state index in [4.69, 9.17) is 4.74 Å². The highest BCUT2D eigenvalue weighted by Gasteiger charge is 2.36. The van der Waals surface area contributed by atoms with Crippen molar-refractivity contribution in [2.24, 2.45) is 0 Å². The minimum Gasteiger partial charge on any atom is -0.374 e. The Balaban J connectivity index is 1.89. The van der Waals surface area contributed by atoms with E-state index in [0.717, 1.165) is 12.1 Å². The lowest BCUT2D eigenvalue weighted by molar-refractivity contribution is 0.123. The van der Waals surface area contributed by atoms with Crippen molar-refractivity contribution in [3.05, 3.63) is 41.7 Å². The average Bonchev–Trinajstić information content (AvgIpc) is 2.97. The highest BCUT2D eigenvalue weighted by Crippen LogP contribution is 2.30. The van der Waals surface area contributed by atoms with Crippen molar-refractivity contribution < 1.29 is 17.5 Å². The molecule has 0 bridgehead atoms. The first-order valence-electron chi connectivity index (χ1n) is 7.72. The molecule has 0 amide bonds. The molecule has 2 aromatic rings. The molecule has 24 heavy (non-hydrogen) atoms. The monoisotopic (exact) mass is 354 g/mol. The van der Waals surface area contributed by atoms with E-state index in [0.29, 0.717) is 38.0 Å². The Hall–Kier alpha value is -1.84. The largest absolute Gasteiger partial charge is 0.374 e. The third kappa shape index (κ3) is 2.94. The molecule has 9 heteroatoms. The summed E-state index contributed by atoms with van der Waals surface area (Å²) < 4.78 is 47.3. The van der Waals surface area contributed by atoms with Crippen molar-refractivity contribution in [1.82, 2.24) is 19.1 Å². The van der Waals surface area contributed by atoms with Crippen LogP contribution in [0.15, 0.2) is 29.2 Å². The maximum atomic E-state index is 13.1. The zero-order chi connectivity index (χ0) is 17.3. The standard InChI is InChI=1S/C15H19FN4O3S/c1-3-23-10-14-17-18-15-11(2)20(9-8-19(14)15)24(21,22)13-6-4-12(16)5-7-13/h4-7,11H,3,8-10H2,1-2H3. The normalized spacial score (nSPS) is 18.5. The summed E-state index contributed by atoms with van der Waals surface area (Å²) in [6.45, 7) is 5.34. The molecule has 0 saturated carbocycles. The number of hydrogen-bond donors (Lipinski definition) is 0. The molecular weight excluding hydrogens is 335 g/mol. The molecule has 1 atom stereocenters. The molecule has 0 saturated heterocycles. The summed E-state index contributed by atoms with van der Waals surface area (Å²) >= 11 is 0. The van der Waals surface area contributed by atoms with Crippen molar-refractivity contribution in [3.8, 4) is 0 Å². The summed E-state index contributed by atoms with van der Waals surface area (Å²) in [6.07, 6.45) is 0. The van der Waals surface area contributed by atoms with Gasteiger partial charge in [-0.15, -0.1) is 10.2 Å². The number of rotatable bonds is 5. The minimum absolute atomic E-state index is 0.0678. The van der Waals surface area contributed by atoms with E-state index in [1.165, 1.54) is 16.4 Å². The molecule has 1 unspecified atom stereocenters. The number of nitrogens with zero attached hydrogens (tertiary/aromatic N) is 4. The Bertz CT molecular complexity index is 820. The molecule has 130 valence electrons. The molecule has 0 radical (unpaired) electrons. The highest BCUT2D eigenvalue weighted by atomic mass is 32.2. The van der Waals surface area contributed by atoms with Gasteiger partial charge in [0.25, 0.3) is 0 Å². The molecular formula is C15H19FN4O3S. The van der Waals surface area contributed by atoms with Crippen LogP contribution in [0.1, 0.15) is 31.5 Å². The number of benzene rings is 1. The topological polar surface area (TPSA) is 77.3 Å². The van der Waals surface area contributed by atoms with Gasteiger partial charge in [-0.05, 0) is 38.1 Å². The molecule has 1 aliphatic heterocycles. The summed E-state index contributed by atoms with van der Waals surface area (Å²) in [5.41, 5.74) is 0. The average molecular weight is 354 g/mol. The van der Waals surface area contributed by atoms with Crippen LogP contribution in [0.3, 0.4) is 0 Å². The van der Waals surface area contributed by atoms with Gasteiger partial charge in [0.1, 0.15) is 12.4 Å². The first-order chi connectivity index (χ1) is 11.4. The molecule has 1 aromatic carbocycles. The number of hydrogen-bond acceptors (Lipinski definition) is 5. The Morgan fingerprint density at radius 1 is 1.25 bits per heavy atom. The second-order valence-electron chi connectivity index (χ2n) is 5.51. The third-order valence-corrected chi connectivity index (χ3v) is 6.05. The van der Waals surface area contributed by atoms with Crippen LogP contribution in [0.25, 0.3) is 0 Å². The Labute approximate surface area is 140 Å². The molecule has 0 spiro atoms. The van der Waals surface area contributed by atoms with Crippen LogP contribution in [0.2, 0.25) is 0 Å². The van der Waals surface area contributed by atoms with Crippen molar-refractivity contribution in [2.75, 3.05) is 13.2 Å². The Morgan fingerprint density at radius 3 is 2.62 bits per heavy atom. The summed E-state index contributed by atoms with van der Waals surface area (Å²) in [7, 11) is -3.72. The van der Waals surface area contributed by atoms with Gasteiger partial charge in [0, 0.05) is 19.7 Å². The lowest BCUT2D eigenvalue weighted by Crippen LogP contribution is -2.41. The van der Waals surface area contributed by atoms with Crippen LogP contribution in [-0.2, 0) is 27.9 Å². The van der Waals surface area contributed by atoms with Crippen LogP contribution in [-0.4, -0.2) is 40.6 Å². The molecule has 0 N–H and O–H groups in total. The maximum absolute atomic E-state index is 13.1. The molecule has 0 aliphatic carbocycles. The zero-order valence-electron chi connectivity index (χ0n) is 13.5. The Morgan fingerprint density at radius 2 is 1.96 bits per heavy atom. The third-order valence-electron chi connectivity index (χ3n) is 4.06. The molecule has 1 aliphatic rings. The van der Waals surface area contributed by atoms with Gasteiger partial charge in [0.15, 0.2) is 11.6 Å². The van der Waals surface area contributed by atoms with Gasteiger partial charge in [-0.25, -0.2) is 12.8 Å². The van der Waals surface area contributed by atoms with E-state index in [9.17, 15) is 12.8 Å². The van der Waals surface area contributed by atoms with E-state index in [2.05, 4.69) is 10.2 Å². The molecule has 1 aromatic heterocycles. The van der Waals surface area contributed by atoms with Gasteiger partial charge in [0.2, 0.25) is 10.0 Å². The van der Waals surface area contributed by atoms with Crippen molar-refractivity contribution >= 4 is 10.0 Å². The van der Waals surface area contributed by atoms with Crippen LogP contribution >= 0.6 is 0 Å². The number of sulfonamides is 1. The molecule has 3 rings (SSSR count). The second-order valence-corrected chi connectivity index (χ2v) is 7.40.